The summed E-state index contributed by atoms with van der Waals surface area (Å²) in [6.45, 7) is 12.0. The van der Waals surface area contributed by atoms with Crippen molar-refractivity contribution in [2.75, 3.05) is 23.8 Å². The van der Waals surface area contributed by atoms with Crippen molar-refractivity contribution in [2.24, 2.45) is 5.92 Å². The Morgan fingerprint density at radius 1 is 1.00 bits per heavy atom. The average Bonchev–Trinajstić information content (AvgIpc) is 2.46. The molecule has 21 heavy (non-hydrogen) atoms. The zero-order valence-electron chi connectivity index (χ0n) is 13.9. The molecule has 0 spiro atoms. The monoisotopic (exact) mass is 295 g/mol. The number of rotatable bonds is 10. The Bertz CT molecular complexity index is 409. The molecule has 0 aliphatic rings. The molecule has 1 unspecified atom stereocenters. The van der Waals surface area contributed by atoms with Crippen LogP contribution >= 0.6 is 0 Å². The first-order valence-corrected chi connectivity index (χ1v) is 8.03. The van der Waals surface area contributed by atoms with Crippen molar-refractivity contribution >= 4 is 11.9 Å². The molecule has 0 aliphatic carbocycles. The van der Waals surface area contributed by atoms with E-state index in [0.29, 0.717) is 36.5 Å². The lowest BCUT2D eigenvalue weighted by molar-refractivity contribution is 0.312. The molecule has 1 aromatic heterocycles. The van der Waals surface area contributed by atoms with E-state index in [1.54, 1.807) is 0 Å². The van der Waals surface area contributed by atoms with Crippen LogP contribution in [0.1, 0.15) is 53.9 Å². The highest BCUT2D eigenvalue weighted by Gasteiger charge is 2.15. The first kappa shape index (κ1) is 17.5. The first-order valence-electron chi connectivity index (χ1n) is 8.03. The van der Waals surface area contributed by atoms with Crippen LogP contribution in [0.4, 0.5) is 11.9 Å². The topological polar surface area (TPSA) is 72.0 Å². The largest absolute Gasteiger partial charge is 0.464 e. The third-order valence-corrected chi connectivity index (χ3v) is 3.53. The van der Waals surface area contributed by atoms with Crippen molar-refractivity contribution in [2.45, 2.75) is 59.9 Å². The van der Waals surface area contributed by atoms with E-state index >= 15 is 0 Å². The van der Waals surface area contributed by atoms with E-state index < -0.39 is 0 Å². The summed E-state index contributed by atoms with van der Waals surface area (Å²) in [5.41, 5.74) is 0. The quantitative estimate of drug-likeness (QED) is 0.690. The highest BCUT2D eigenvalue weighted by molar-refractivity contribution is 5.36. The zero-order valence-corrected chi connectivity index (χ0v) is 13.9. The summed E-state index contributed by atoms with van der Waals surface area (Å²) in [7, 11) is 0. The second kappa shape index (κ2) is 9.37. The van der Waals surface area contributed by atoms with Crippen LogP contribution in [0.15, 0.2) is 0 Å². The molecule has 0 aliphatic heterocycles. The summed E-state index contributed by atoms with van der Waals surface area (Å²) in [5, 5.41) is 6.56. The third-order valence-electron chi connectivity index (χ3n) is 3.53. The van der Waals surface area contributed by atoms with Gasteiger partial charge in [-0.3, -0.25) is 0 Å². The molecule has 6 nitrogen and oxygen atoms in total. The molecule has 0 fully saturated rings. The Hall–Kier alpha value is -1.59. The molecule has 0 saturated heterocycles. The van der Waals surface area contributed by atoms with Gasteiger partial charge >= 0.3 is 6.01 Å². The number of nitrogens with one attached hydrogen (secondary N) is 2. The van der Waals surface area contributed by atoms with Gasteiger partial charge in [0, 0.05) is 12.6 Å². The average molecular weight is 295 g/mol. The molecule has 0 saturated carbocycles. The molecule has 120 valence electrons. The van der Waals surface area contributed by atoms with E-state index in [9.17, 15) is 0 Å². The number of nitrogens with zero attached hydrogens (tertiary/aromatic N) is 3. The van der Waals surface area contributed by atoms with Crippen LogP contribution in [0.3, 0.4) is 0 Å². The molecule has 1 atom stereocenters. The summed E-state index contributed by atoms with van der Waals surface area (Å²) in [4.78, 5) is 13.0. The minimum absolute atomic E-state index is 0.316. The molecular formula is C15H29N5O. The molecule has 1 heterocycles. The number of ether oxygens (including phenoxy) is 1. The van der Waals surface area contributed by atoms with E-state index in [4.69, 9.17) is 4.74 Å². The van der Waals surface area contributed by atoms with Crippen molar-refractivity contribution in [3.63, 3.8) is 0 Å². The van der Waals surface area contributed by atoms with E-state index in [1.165, 1.54) is 0 Å². The normalized spacial score (nSPS) is 12.3. The summed E-state index contributed by atoms with van der Waals surface area (Å²) < 4.78 is 5.42. The Morgan fingerprint density at radius 2 is 1.67 bits per heavy atom. The molecule has 1 aromatic rings. The predicted molar refractivity (Wildman–Crippen MR) is 86.9 cm³/mol. The molecule has 0 aromatic carbocycles. The lowest BCUT2D eigenvalue weighted by Crippen LogP contribution is -2.26. The fourth-order valence-electron chi connectivity index (χ4n) is 2.25. The second-order valence-electron chi connectivity index (χ2n) is 5.13. The smallest absolute Gasteiger partial charge is 0.323 e. The van der Waals surface area contributed by atoms with Crippen molar-refractivity contribution in [3.8, 4) is 6.01 Å². The molecule has 0 bridgehead atoms. The Morgan fingerprint density at radius 3 is 2.24 bits per heavy atom. The maximum Gasteiger partial charge on any atom is 0.323 e. The maximum atomic E-state index is 5.42. The number of anilines is 2. The predicted octanol–water partition coefficient (Wildman–Crippen LogP) is 3.33. The van der Waals surface area contributed by atoms with Gasteiger partial charge in [-0.05, 0) is 26.2 Å². The highest BCUT2D eigenvalue weighted by atomic mass is 16.5. The second-order valence-corrected chi connectivity index (χ2v) is 5.13. The fourth-order valence-corrected chi connectivity index (χ4v) is 2.25. The summed E-state index contributed by atoms with van der Waals surface area (Å²) in [6, 6.07) is 0.682. The van der Waals surface area contributed by atoms with Crippen LogP contribution < -0.4 is 15.4 Å². The first-order chi connectivity index (χ1) is 10.1. The van der Waals surface area contributed by atoms with E-state index in [1.807, 2.05) is 6.92 Å². The van der Waals surface area contributed by atoms with Crippen LogP contribution in [0.5, 0.6) is 6.01 Å². The summed E-state index contributed by atoms with van der Waals surface area (Å²) >= 11 is 0. The SMILES string of the molecule is CCCNc1nc(NC(C)C(CC)CC)nc(OCC)n1. The Kier molecular flexibility index (Phi) is 7.79. The summed E-state index contributed by atoms with van der Waals surface area (Å²) in [6.07, 6.45) is 3.28. The van der Waals surface area contributed by atoms with Crippen LogP contribution in [0.25, 0.3) is 0 Å². The molecule has 0 amide bonds. The number of hydrogen-bond donors (Lipinski definition) is 2. The van der Waals surface area contributed by atoms with Gasteiger partial charge in [0.05, 0.1) is 6.61 Å². The molecular weight excluding hydrogens is 266 g/mol. The van der Waals surface area contributed by atoms with Crippen molar-refractivity contribution in [3.05, 3.63) is 0 Å². The van der Waals surface area contributed by atoms with Gasteiger partial charge in [-0.2, -0.15) is 15.0 Å². The third kappa shape index (κ3) is 5.73. The summed E-state index contributed by atoms with van der Waals surface area (Å²) in [5.74, 6) is 1.74. The molecule has 6 heteroatoms. The van der Waals surface area contributed by atoms with E-state index in [-0.39, 0.29) is 0 Å². The van der Waals surface area contributed by atoms with Crippen LogP contribution in [0, 0.1) is 5.92 Å². The van der Waals surface area contributed by atoms with Gasteiger partial charge in [0.25, 0.3) is 0 Å². The van der Waals surface area contributed by atoms with Crippen molar-refractivity contribution in [1.82, 2.24) is 15.0 Å². The maximum absolute atomic E-state index is 5.42. The van der Waals surface area contributed by atoms with Gasteiger partial charge in [-0.15, -0.1) is 0 Å². The van der Waals surface area contributed by atoms with Gasteiger partial charge in [0.1, 0.15) is 0 Å². The van der Waals surface area contributed by atoms with Crippen LogP contribution in [-0.2, 0) is 0 Å². The molecule has 2 N–H and O–H groups in total. The highest BCUT2D eigenvalue weighted by Crippen LogP contribution is 2.18. The van der Waals surface area contributed by atoms with E-state index in [0.717, 1.165) is 25.8 Å². The van der Waals surface area contributed by atoms with Gasteiger partial charge in [-0.1, -0.05) is 33.6 Å². The standard InChI is InChI=1S/C15H29N5O/c1-6-10-16-13-18-14(20-15(19-13)21-9-4)17-11(5)12(7-2)8-3/h11-12H,6-10H2,1-5H3,(H2,16,17,18,19,20). The zero-order chi connectivity index (χ0) is 15.7. The minimum Gasteiger partial charge on any atom is -0.464 e. The number of hydrogen-bond acceptors (Lipinski definition) is 6. The van der Waals surface area contributed by atoms with Crippen LogP contribution in [0.2, 0.25) is 0 Å². The minimum atomic E-state index is 0.316. The van der Waals surface area contributed by atoms with E-state index in [2.05, 4.69) is 53.3 Å². The number of aromatic nitrogens is 3. The van der Waals surface area contributed by atoms with Crippen LogP contribution in [-0.4, -0.2) is 34.1 Å². The van der Waals surface area contributed by atoms with Gasteiger partial charge in [0.15, 0.2) is 0 Å². The van der Waals surface area contributed by atoms with Crippen molar-refractivity contribution < 1.29 is 4.74 Å². The van der Waals surface area contributed by atoms with Crippen molar-refractivity contribution in [1.29, 1.82) is 0 Å². The van der Waals surface area contributed by atoms with Gasteiger partial charge in [-0.25, -0.2) is 0 Å². The Labute approximate surface area is 128 Å². The Balaban J connectivity index is 2.85. The van der Waals surface area contributed by atoms with Gasteiger partial charge < -0.3 is 15.4 Å². The lowest BCUT2D eigenvalue weighted by atomic mass is 9.96. The lowest BCUT2D eigenvalue weighted by Gasteiger charge is -2.22. The fraction of sp³-hybridized carbons (Fsp3) is 0.800. The van der Waals surface area contributed by atoms with Gasteiger partial charge in [0.2, 0.25) is 11.9 Å². The molecule has 0 radical (unpaired) electrons. The molecule has 1 rings (SSSR count).